The lowest BCUT2D eigenvalue weighted by atomic mass is 9.81. The minimum absolute atomic E-state index is 0.0333. The molecule has 1 N–H and O–H groups in total. The molecule has 0 saturated carbocycles. The molecule has 2 atom stereocenters. The van der Waals surface area contributed by atoms with Gasteiger partial charge in [0.1, 0.15) is 18.3 Å². The molecule has 0 unspecified atom stereocenters. The number of amides is 1. The van der Waals surface area contributed by atoms with Crippen LogP contribution in [-0.4, -0.2) is 18.6 Å². The molecule has 0 aromatic heterocycles. The summed E-state index contributed by atoms with van der Waals surface area (Å²) in [6.07, 6.45) is 0. The summed E-state index contributed by atoms with van der Waals surface area (Å²) in [6, 6.07) is 4.43. The number of nitriles is 1. The predicted octanol–water partition coefficient (Wildman–Crippen LogP) is 3.03. The Balaban J connectivity index is 2.60. The van der Waals surface area contributed by atoms with Gasteiger partial charge in [0.25, 0.3) is 0 Å². The maximum absolute atomic E-state index is 13.4. The zero-order valence-electron chi connectivity index (χ0n) is 13.1. The molecular formula is C16H20F2N2O2. The molecule has 0 spiro atoms. The minimum atomic E-state index is -0.805. The molecule has 0 aliphatic carbocycles. The maximum Gasteiger partial charge on any atom is 0.238 e. The Morgan fingerprint density at radius 2 is 2.05 bits per heavy atom. The highest BCUT2D eigenvalue weighted by Crippen LogP contribution is 2.25. The van der Waals surface area contributed by atoms with Gasteiger partial charge in [0.2, 0.25) is 5.91 Å². The molecule has 1 amide bonds. The lowest BCUT2D eigenvalue weighted by molar-refractivity contribution is -0.126. The van der Waals surface area contributed by atoms with Gasteiger partial charge in [0, 0.05) is 6.07 Å². The highest BCUT2D eigenvalue weighted by Gasteiger charge is 2.31. The van der Waals surface area contributed by atoms with E-state index in [4.69, 9.17) is 10.00 Å². The van der Waals surface area contributed by atoms with Crippen molar-refractivity contribution in [3.8, 4) is 11.8 Å². The van der Waals surface area contributed by atoms with E-state index in [1.807, 2.05) is 6.07 Å². The van der Waals surface area contributed by atoms with Gasteiger partial charge >= 0.3 is 0 Å². The van der Waals surface area contributed by atoms with E-state index in [1.165, 1.54) is 0 Å². The van der Waals surface area contributed by atoms with Gasteiger partial charge in [-0.05, 0) is 24.5 Å². The van der Waals surface area contributed by atoms with E-state index in [0.29, 0.717) is 0 Å². The van der Waals surface area contributed by atoms with E-state index in [-0.39, 0.29) is 12.4 Å². The number of carbonyl (C=O) groups is 1. The second-order valence-electron chi connectivity index (χ2n) is 6.22. The Labute approximate surface area is 129 Å². The first kappa shape index (κ1) is 17.9. The quantitative estimate of drug-likeness (QED) is 0.909. The summed E-state index contributed by atoms with van der Waals surface area (Å²) >= 11 is 0. The van der Waals surface area contributed by atoms with Crippen molar-refractivity contribution >= 4 is 5.91 Å². The first-order chi connectivity index (χ1) is 10.1. The molecule has 4 nitrogen and oxygen atoms in total. The van der Waals surface area contributed by atoms with Crippen LogP contribution in [0.25, 0.3) is 0 Å². The maximum atomic E-state index is 13.4. The lowest BCUT2D eigenvalue weighted by Gasteiger charge is -2.25. The highest BCUT2D eigenvalue weighted by molar-refractivity contribution is 5.82. The second-order valence-corrected chi connectivity index (χ2v) is 6.22. The fourth-order valence-electron chi connectivity index (χ4n) is 1.82. The van der Waals surface area contributed by atoms with Crippen molar-refractivity contribution in [3.63, 3.8) is 0 Å². The van der Waals surface area contributed by atoms with Gasteiger partial charge < -0.3 is 10.1 Å². The van der Waals surface area contributed by atoms with Crippen molar-refractivity contribution in [1.82, 2.24) is 5.32 Å². The van der Waals surface area contributed by atoms with Gasteiger partial charge in [-0.15, -0.1) is 0 Å². The number of hydrogen-bond donors (Lipinski definition) is 1. The summed E-state index contributed by atoms with van der Waals surface area (Å²) in [5.74, 6) is -2.71. The van der Waals surface area contributed by atoms with Crippen molar-refractivity contribution in [3.05, 3.63) is 29.8 Å². The second kappa shape index (κ2) is 7.21. The monoisotopic (exact) mass is 310 g/mol. The molecular weight excluding hydrogens is 290 g/mol. The molecule has 1 rings (SSSR count). The van der Waals surface area contributed by atoms with Crippen LogP contribution in [0.2, 0.25) is 0 Å². The summed E-state index contributed by atoms with van der Waals surface area (Å²) < 4.78 is 31.6. The summed E-state index contributed by atoms with van der Waals surface area (Å²) in [4.78, 5) is 12.0. The van der Waals surface area contributed by atoms with Crippen molar-refractivity contribution in [2.75, 3.05) is 6.61 Å². The summed E-state index contributed by atoms with van der Waals surface area (Å²) in [5, 5.41) is 11.7. The minimum Gasteiger partial charge on any atom is -0.488 e. The smallest absolute Gasteiger partial charge is 0.238 e. The number of carbonyl (C=O) groups excluding carboxylic acids is 1. The van der Waals surface area contributed by atoms with Crippen LogP contribution in [0.15, 0.2) is 18.2 Å². The Bertz CT molecular complexity index is 576. The van der Waals surface area contributed by atoms with E-state index in [1.54, 1.807) is 27.7 Å². The first-order valence-electron chi connectivity index (χ1n) is 6.93. The highest BCUT2D eigenvalue weighted by atomic mass is 19.1. The van der Waals surface area contributed by atoms with Crippen LogP contribution in [0.5, 0.6) is 5.75 Å². The van der Waals surface area contributed by atoms with Gasteiger partial charge in [0.05, 0.1) is 12.1 Å². The van der Waals surface area contributed by atoms with E-state index in [2.05, 4.69) is 5.32 Å². The van der Waals surface area contributed by atoms with Crippen molar-refractivity contribution < 1.29 is 18.3 Å². The zero-order chi connectivity index (χ0) is 16.9. The third-order valence-electron chi connectivity index (χ3n) is 3.03. The number of ether oxygens (including phenoxy) is 1. The number of nitrogens with one attached hydrogen (secondary N) is 1. The van der Waals surface area contributed by atoms with Gasteiger partial charge in [-0.3, -0.25) is 4.79 Å². The number of hydrogen-bond acceptors (Lipinski definition) is 3. The molecule has 0 aliphatic rings. The molecule has 0 heterocycles. The zero-order valence-corrected chi connectivity index (χ0v) is 13.1. The number of rotatable bonds is 5. The Morgan fingerprint density at radius 1 is 1.41 bits per heavy atom. The van der Waals surface area contributed by atoms with Crippen LogP contribution in [0.3, 0.4) is 0 Å². The molecule has 1 aromatic carbocycles. The van der Waals surface area contributed by atoms with Gasteiger partial charge in [-0.2, -0.15) is 5.26 Å². The average molecular weight is 310 g/mol. The van der Waals surface area contributed by atoms with E-state index < -0.39 is 34.9 Å². The van der Waals surface area contributed by atoms with Crippen LogP contribution < -0.4 is 10.1 Å². The fourth-order valence-corrected chi connectivity index (χ4v) is 1.82. The molecule has 0 bridgehead atoms. The number of halogens is 2. The summed E-state index contributed by atoms with van der Waals surface area (Å²) in [6.45, 7) is 7.01. The summed E-state index contributed by atoms with van der Waals surface area (Å²) in [5.41, 5.74) is -0.492. The van der Waals surface area contributed by atoms with Crippen LogP contribution in [0, 0.1) is 34.3 Å². The molecule has 0 aliphatic heterocycles. The lowest BCUT2D eigenvalue weighted by Crippen LogP contribution is -2.43. The van der Waals surface area contributed by atoms with Gasteiger partial charge in [-0.1, -0.05) is 20.8 Å². The SMILES string of the molecule is C[C@H](COc1cc(F)ccc1F)NC(=O)[C@@H](C#N)C(C)(C)C. The van der Waals surface area contributed by atoms with Crippen LogP contribution in [0.4, 0.5) is 8.78 Å². The molecule has 6 heteroatoms. The third-order valence-corrected chi connectivity index (χ3v) is 3.03. The molecule has 0 saturated heterocycles. The van der Waals surface area contributed by atoms with E-state index >= 15 is 0 Å². The van der Waals surface area contributed by atoms with Crippen molar-refractivity contribution in [2.24, 2.45) is 11.3 Å². The molecule has 1 aromatic rings. The first-order valence-corrected chi connectivity index (χ1v) is 6.93. The van der Waals surface area contributed by atoms with E-state index in [9.17, 15) is 13.6 Å². The number of nitrogens with zero attached hydrogens (tertiary/aromatic N) is 1. The summed E-state index contributed by atoms with van der Waals surface area (Å²) in [7, 11) is 0. The van der Waals surface area contributed by atoms with Crippen LogP contribution >= 0.6 is 0 Å². The molecule has 120 valence electrons. The number of benzene rings is 1. The Kier molecular flexibility index (Phi) is 5.86. The Morgan fingerprint density at radius 3 is 2.59 bits per heavy atom. The van der Waals surface area contributed by atoms with E-state index in [0.717, 1.165) is 18.2 Å². The van der Waals surface area contributed by atoms with Crippen LogP contribution in [0.1, 0.15) is 27.7 Å². The molecule has 22 heavy (non-hydrogen) atoms. The Hall–Kier alpha value is -2.16. The fraction of sp³-hybridized carbons (Fsp3) is 0.500. The third kappa shape index (κ3) is 4.99. The predicted molar refractivity (Wildman–Crippen MR) is 78.0 cm³/mol. The molecule has 0 fully saturated rings. The van der Waals surface area contributed by atoms with Crippen molar-refractivity contribution in [2.45, 2.75) is 33.7 Å². The van der Waals surface area contributed by atoms with Crippen molar-refractivity contribution in [1.29, 1.82) is 5.26 Å². The van der Waals surface area contributed by atoms with Gasteiger partial charge in [-0.25, -0.2) is 8.78 Å². The standard InChI is InChI=1S/C16H20F2N2O2/c1-10(20-15(21)12(8-19)16(2,3)4)9-22-14-7-11(17)5-6-13(14)18/h5-7,10,12H,9H2,1-4H3,(H,20,21)/t10-,12-/m1/s1. The molecule has 0 radical (unpaired) electrons. The van der Waals surface area contributed by atoms with Crippen LogP contribution in [-0.2, 0) is 4.79 Å². The topological polar surface area (TPSA) is 62.1 Å². The normalized spacial score (nSPS) is 13.9. The van der Waals surface area contributed by atoms with Gasteiger partial charge in [0.15, 0.2) is 11.6 Å². The largest absolute Gasteiger partial charge is 0.488 e. The average Bonchev–Trinajstić information content (AvgIpc) is 2.38.